The molecule has 0 saturated heterocycles. The lowest BCUT2D eigenvalue weighted by Gasteiger charge is -2.07. The van der Waals surface area contributed by atoms with Gasteiger partial charge in [0.1, 0.15) is 5.82 Å². The molecule has 0 unspecified atom stereocenters. The Morgan fingerprint density at radius 3 is 2.62 bits per heavy atom. The fourth-order valence-electron chi connectivity index (χ4n) is 2.53. The standard InChI is InChI=1S/C19H20FN3O3/c1-24-16-8-7-14(11-17(16)25-2)19-23-22-18(26-19)12-21-10-9-13-5-3-4-6-15(13)20/h3-8,11,21H,9-10,12H2,1-2H3. The van der Waals surface area contributed by atoms with E-state index in [1.54, 1.807) is 38.5 Å². The summed E-state index contributed by atoms with van der Waals surface area (Å²) in [5.41, 5.74) is 1.42. The van der Waals surface area contributed by atoms with E-state index in [2.05, 4.69) is 15.5 Å². The van der Waals surface area contributed by atoms with E-state index in [9.17, 15) is 4.39 Å². The molecule has 0 fully saturated rings. The third-order valence-corrected chi connectivity index (χ3v) is 3.90. The Balaban J connectivity index is 1.57. The van der Waals surface area contributed by atoms with Crippen molar-refractivity contribution < 1.29 is 18.3 Å². The maximum absolute atomic E-state index is 13.6. The molecule has 0 aliphatic rings. The average molecular weight is 357 g/mol. The number of ether oxygens (including phenoxy) is 2. The van der Waals surface area contributed by atoms with Crippen LogP contribution in [0, 0.1) is 5.82 Å². The highest BCUT2D eigenvalue weighted by Gasteiger charge is 2.12. The van der Waals surface area contributed by atoms with E-state index < -0.39 is 0 Å². The first-order chi connectivity index (χ1) is 12.7. The number of hydrogen-bond donors (Lipinski definition) is 1. The van der Waals surface area contributed by atoms with Crippen LogP contribution in [-0.2, 0) is 13.0 Å². The molecule has 3 aromatic rings. The van der Waals surface area contributed by atoms with Crippen molar-refractivity contribution in [2.24, 2.45) is 0 Å². The highest BCUT2D eigenvalue weighted by molar-refractivity contribution is 5.59. The van der Waals surface area contributed by atoms with Gasteiger partial charge in [0.05, 0.1) is 20.8 Å². The molecule has 0 saturated carbocycles. The minimum absolute atomic E-state index is 0.192. The Morgan fingerprint density at radius 1 is 1.04 bits per heavy atom. The molecular weight excluding hydrogens is 337 g/mol. The fourth-order valence-corrected chi connectivity index (χ4v) is 2.53. The zero-order chi connectivity index (χ0) is 18.4. The number of nitrogens with zero attached hydrogens (tertiary/aromatic N) is 2. The molecule has 1 N–H and O–H groups in total. The van der Waals surface area contributed by atoms with Gasteiger partial charge in [-0.2, -0.15) is 0 Å². The van der Waals surface area contributed by atoms with E-state index in [1.165, 1.54) is 6.07 Å². The summed E-state index contributed by atoms with van der Waals surface area (Å²) in [4.78, 5) is 0. The predicted octanol–water partition coefficient (Wildman–Crippen LogP) is 3.23. The molecule has 2 aromatic carbocycles. The predicted molar refractivity (Wildman–Crippen MR) is 94.6 cm³/mol. The number of nitrogens with one attached hydrogen (secondary N) is 1. The summed E-state index contributed by atoms with van der Waals surface area (Å²) in [7, 11) is 3.15. The van der Waals surface area contributed by atoms with Crippen molar-refractivity contribution in [3.63, 3.8) is 0 Å². The van der Waals surface area contributed by atoms with Gasteiger partial charge in [-0.3, -0.25) is 0 Å². The second kappa shape index (κ2) is 8.44. The number of rotatable bonds is 8. The number of halogens is 1. The SMILES string of the molecule is COc1ccc(-c2nnc(CNCCc3ccccc3F)o2)cc1OC. The van der Waals surface area contributed by atoms with E-state index >= 15 is 0 Å². The first-order valence-corrected chi connectivity index (χ1v) is 8.20. The minimum Gasteiger partial charge on any atom is -0.493 e. The molecule has 0 atom stereocenters. The van der Waals surface area contributed by atoms with Crippen molar-refractivity contribution >= 4 is 0 Å². The minimum atomic E-state index is -0.192. The molecule has 0 bridgehead atoms. The largest absolute Gasteiger partial charge is 0.493 e. The fraction of sp³-hybridized carbons (Fsp3) is 0.263. The molecule has 26 heavy (non-hydrogen) atoms. The summed E-state index contributed by atoms with van der Waals surface area (Å²) in [6, 6.07) is 12.1. The van der Waals surface area contributed by atoms with Gasteiger partial charge in [0.25, 0.3) is 0 Å². The van der Waals surface area contributed by atoms with Crippen molar-refractivity contribution in [1.82, 2.24) is 15.5 Å². The second-order valence-electron chi connectivity index (χ2n) is 5.59. The van der Waals surface area contributed by atoms with Gasteiger partial charge in [-0.25, -0.2) is 4.39 Å². The van der Waals surface area contributed by atoms with Crippen LogP contribution in [0.3, 0.4) is 0 Å². The molecule has 0 aliphatic carbocycles. The molecule has 0 amide bonds. The highest BCUT2D eigenvalue weighted by Crippen LogP contribution is 2.31. The monoisotopic (exact) mass is 357 g/mol. The van der Waals surface area contributed by atoms with Crippen molar-refractivity contribution in [2.45, 2.75) is 13.0 Å². The third kappa shape index (κ3) is 4.18. The van der Waals surface area contributed by atoms with E-state index in [-0.39, 0.29) is 5.82 Å². The molecule has 0 spiro atoms. The van der Waals surface area contributed by atoms with Gasteiger partial charge in [0.15, 0.2) is 11.5 Å². The molecule has 136 valence electrons. The lowest BCUT2D eigenvalue weighted by Crippen LogP contribution is -2.17. The molecule has 7 heteroatoms. The van der Waals surface area contributed by atoms with E-state index in [1.807, 2.05) is 12.1 Å². The zero-order valence-corrected chi connectivity index (χ0v) is 14.7. The van der Waals surface area contributed by atoms with E-state index in [4.69, 9.17) is 13.9 Å². The molecule has 1 aromatic heterocycles. The summed E-state index contributed by atoms with van der Waals surface area (Å²) in [5, 5.41) is 11.3. The summed E-state index contributed by atoms with van der Waals surface area (Å²) in [6.45, 7) is 1.02. The summed E-state index contributed by atoms with van der Waals surface area (Å²) in [6.07, 6.45) is 0.587. The van der Waals surface area contributed by atoms with E-state index in [0.29, 0.717) is 48.4 Å². The van der Waals surface area contributed by atoms with Gasteiger partial charge in [0.2, 0.25) is 11.8 Å². The first-order valence-electron chi connectivity index (χ1n) is 8.20. The van der Waals surface area contributed by atoms with Crippen LogP contribution in [0.1, 0.15) is 11.5 Å². The van der Waals surface area contributed by atoms with Crippen molar-refractivity contribution in [3.8, 4) is 23.0 Å². The lowest BCUT2D eigenvalue weighted by atomic mass is 10.1. The van der Waals surface area contributed by atoms with Gasteiger partial charge in [0, 0.05) is 5.56 Å². The van der Waals surface area contributed by atoms with Gasteiger partial charge >= 0.3 is 0 Å². The molecule has 6 nitrogen and oxygen atoms in total. The lowest BCUT2D eigenvalue weighted by molar-refractivity contribution is 0.355. The van der Waals surface area contributed by atoms with Crippen LogP contribution in [-0.4, -0.2) is 31.0 Å². The van der Waals surface area contributed by atoms with Gasteiger partial charge in [-0.05, 0) is 42.8 Å². The quantitative estimate of drug-likeness (QED) is 0.624. The molecular formula is C19H20FN3O3. The van der Waals surface area contributed by atoms with Crippen LogP contribution >= 0.6 is 0 Å². The van der Waals surface area contributed by atoms with Crippen LogP contribution < -0.4 is 14.8 Å². The van der Waals surface area contributed by atoms with E-state index in [0.717, 1.165) is 5.56 Å². The first kappa shape index (κ1) is 17.9. The van der Waals surface area contributed by atoms with Crippen molar-refractivity contribution in [2.75, 3.05) is 20.8 Å². The maximum Gasteiger partial charge on any atom is 0.247 e. The maximum atomic E-state index is 13.6. The van der Waals surface area contributed by atoms with Gasteiger partial charge < -0.3 is 19.2 Å². The van der Waals surface area contributed by atoms with Crippen LogP contribution in [0.15, 0.2) is 46.9 Å². The Hall–Kier alpha value is -2.93. The van der Waals surface area contributed by atoms with Crippen LogP contribution in [0.5, 0.6) is 11.5 Å². The number of aromatic nitrogens is 2. The number of benzene rings is 2. The Bertz CT molecular complexity index is 867. The summed E-state index contributed by atoms with van der Waals surface area (Å²) < 4.78 is 29.7. The Labute approximate surface area is 151 Å². The zero-order valence-electron chi connectivity index (χ0n) is 14.7. The van der Waals surface area contributed by atoms with Gasteiger partial charge in [-0.1, -0.05) is 18.2 Å². The van der Waals surface area contributed by atoms with Crippen LogP contribution in [0.2, 0.25) is 0 Å². The topological polar surface area (TPSA) is 69.4 Å². The number of methoxy groups -OCH3 is 2. The molecule has 3 rings (SSSR count). The Kier molecular flexibility index (Phi) is 5.80. The van der Waals surface area contributed by atoms with Crippen LogP contribution in [0.25, 0.3) is 11.5 Å². The normalized spacial score (nSPS) is 10.7. The highest BCUT2D eigenvalue weighted by atomic mass is 19.1. The summed E-state index contributed by atoms with van der Waals surface area (Å²) >= 11 is 0. The third-order valence-electron chi connectivity index (χ3n) is 3.90. The second-order valence-corrected chi connectivity index (χ2v) is 5.59. The van der Waals surface area contributed by atoms with Crippen LogP contribution in [0.4, 0.5) is 4.39 Å². The number of hydrogen-bond acceptors (Lipinski definition) is 6. The Morgan fingerprint density at radius 2 is 1.85 bits per heavy atom. The molecule has 0 radical (unpaired) electrons. The average Bonchev–Trinajstić information content (AvgIpc) is 3.15. The smallest absolute Gasteiger partial charge is 0.247 e. The molecule has 1 heterocycles. The molecule has 0 aliphatic heterocycles. The summed E-state index contributed by atoms with van der Waals surface area (Å²) in [5.74, 6) is 1.89. The van der Waals surface area contributed by atoms with Gasteiger partial charge in [-0.15, -0.1) is 10.2 Å². The van der Waals surface area contributed by atoms with Crippen molar-refractivity contribution in [3.05, 3.63) is 59.7 Å². The van der Waals surface area contributed by atoms with Crippen molar-refractivity contribution in [1.29, 1.82) is 0 Å².